The lowest BCUT2D eigenvalue weighted by Gasteiger charge is -2.07. The Bertz CT molecular complexity index is 1830. The van der Waals surface area contributed by atoms with E-state index in [1.165, 1.54) is 34.4 Å². The first-order valence-electron chi connectivity index (χ1n) is 10.6. The van der Waals surface area contributed by atoms with Gasteiger partial charge in [0.25, 0.3) is 11.2 Å². The molecule has 0 aliphatic rings. The number of benzene rings is 2. The highest BCUT2D eigenvalue weighted by Crippen LogP contribution is 2.28. The van der Waals surface area contributed by atoms with Gasteiger partial charge in [0, 0.05) is 41.1 Å². The first-order chi connectivity index (χ1) is 17.1. The van der Waals surface area contributed by atoms with Gasteiger partial charge in [-0.25, -0.2) is 15.0 Å². The minimum absolute atomic E-state index is 0.0346. The van der Waals surface area contributed by atoms with Crippen molar-refractivity contribution in [1.82, 2.24) is 29.0 Å². The summed E-state index contributed by atoms with van der Waals surface area (Å²) in [6, 6.07) is 20.7. The topological polar surface area (TPSA) is 121 Å². The van der Waals surface area contributed by atoms with Crippen LogP contribution in [0.2, 0.25) is 0 Å². The summed E-state index contributed by atoms with van der Waals surface area (Å²) in [5.41, 5.74) is 2.86. The van der Waals surface area contributed by atoms with Crippen LogP contribution in [0.5, 0.6) is 0 Å². The van der Waals surface area contributed by atoms with E-state index in [2.05, 4.69) is 15.1 Å². The molecule has 4 aromatic heterocycles. The van der Waals surface area contributed by atoms with Crippen LogP contribution in [0, 0.1) is 10.1 Å². The van der Waals surface area contributed by atoms with Crippen molar-refractivity contribution < 1.29 is 4.92 Å². The van der Waals surface area contributed by atoms with Crippen LogP contribution in [-0.2, 0) is 5.75 Å². The molecule has 0 aliphatic carbocycles. The molecule has 6 aromatic rings. The molecule has 0 atom stereocenters. The van der Waals surface area contributed by atoms with Crippen molar-refractivity contribution in [2.24, 2.45) is 0 Å². The fourth-order valence-electron chi connectivity index (χ4n) is 3.82. The minimum atomic E-state index is -0.448. The van der Waals surface area contributed by atoms with E-state index in [4.69, 9.17) is 4.98 Å². The first kappa shape index (κ1) is 20.9. The number of hydrogen-bond donors (Lipinski definition) is 0. The molecule has 35 heavy (non-hydrogen) atoms. The number of non-ortho nitro benzene ring substituents is 1. The van der Waals surface area contributed by atoms with E-state index in [-0.39, 0.29) is 11.2 Å². The molecule has 6 rings (SSSR count). The van der Waals surface area contributed by atoms with Crippen molar-refractivity contribution >= 4 is 39.6 Å². The van der Waals surface area contributed by atoms with Crippen LogP contribution in [0.3, 0.4) is 0 Å². The highest BCUT2D eigenvalue weighted by Gasteiger charge is 2.17. The smallest absolute Gasteiger partial charge is 0.269 e. The third-order valence-corrected chi connectivity index (χ3v) is 6.40. The normalized spacial score (nSPS) is 11.4. The molecule has 11 heteroatoms. The molecule has 0 saturated heterocycles. The molecule has 170 valence electrons. The summed E-state index contributed by atoms with van der Waals surface area (Å²) in [5, 5.41) is 17.2. The molecule has 2 aromatic carbocycles. The van der Waals surface area contributed by atoms with E-state index in [1.807, 2.05) is 30.3 Å². The standard InChI is InChI=1S/C24H15N7O3S/c32-21-13-16(25-20-10-3-4-11-29(20)21)14-35-24-26-19-9-2-1-8-18(19)23-27-22(28-30(23)24)15-6-5-7-17(12-15)31(33)34/h1-13H,14H2. The Kier molecular flexibility index (Phi) is 4.96. The highest BCUT2D eigenvalue weighted by molar-refractivity contribution is 7.98. The number of para-hydroxylation sites is 1. The number of aromatic nitrogens is 6. The SMILES string of the molecule is O=c1cc(CSc2nc3ccccc3c3nc(-c4cccc([N+](=O)[O-])c4)nn23)nc2ccccn12. The highest BCUT2D eigenvalue weighted by atomic mass is 32.2. The number of pyridine rings is 1. The summed E-state index contributed by atoms with van der Waals surface area (Å²) in [6.07, 6.45) is 1.68. The van der Waals surface area contributed by atoms with Crippen LogP contribution in [0.25, 0.3) is 33.6 Å². The fourth-order valence-corrected chi connectivity index (χ4v) is 4.66. The number of thioether (sulfide) groups is 1. The Morgan fingerprint density at radius 3 is 2.69 bits per heavy atom. The van der Waals surface area contributed by atoms with Gasteiger partial charge < -0.3 is 0 Å². The first-order valence-corrected chi connectivity index (χ1v) is 11.6. The second-order valence-corrected chi connectivity index (χ2v) is 8.64. The van der Waals surface area contributed by atoms with Crippen molar-refractivity contribution in [3.63, 3.8) is 0 Å². The van der Waals surface area contributed by atoms with E-state index in [0.717, 1.165) is 10.9 Å². The maximum Gasteiger partial charge on any atom is 0.270 e. The third kappa shape index (κ3) is 3.77. The van der Waals surface area contributed by atoms with Gasteiger partial charge >= 0.3 is 0 Å². The molecule has 0 aliphatic heterocycles. The van der Waals surface area contributed by atoms with Gasteiger partial charge in [-0.1, -0.05) is 42.1 Å². The summed E-state index contributed by atoms with van der Waals surface area (Å²) >= 11 is 1.38. The second kappa shape index (κ2) is 8.29. The molecule has 4 heterocycles. The van der Waals surface area contributed by atoms with Crippen LogP contribution >= 0.6 is 11.8 Å². The molecule has 0 unspecified atom stereocenters. The van der Waals surface area contributed by atoms with Gasteiger partial charge in [-0.2, -0.15) is 4.52 Å². The molecular weight excluding hydrogens is 466 g/mol. The predicted octanol–water partition coefficient (Wildman–Crippen LogP) is 4.15. The van der Waals surface area contributed by atoms with Gasteiger partial charge in [0.05, 0.1) is 16.1 Å². The lowest BCUT2D eigenvalue weighted by Crippen LogP contribution is -2.14. The zero-order chi connectivity index (χ0) is 23.9. The van der Waals surface area contributed by atoms with E-state index >= 15 is 0 Å². The van der Waals surface area contributed by atoms with Crippen LogP contribution < -0.4 is 5.56 Å². The van der Waals surface area contributed by atoms with Gasteiger partial charge in [-0.3, -0.25) is 19.3 Å². The summed E-state index contributed by atoms with van der Waals surface area (Å²) in [5.74, 6) is 0.753. The molecule has 0 bridgehead atoms. The maximum atomic E-state index is 12.5. The van der Waals surface area contributed by atoms with Gasteiger partial charge in [0.15, 0.2) is 16.6 Å². The molecular formula is C24H15N7O3S. The summed E-state index contributed by atoms with van der Waals surface area (Å²) in [7, 11) is 0. The number of hydrogen-bond acceptors (Lipinski definition) is 8. The zero-order valence-corrected chi connectivity index (χ0v) is 18.8. The Hall–Kier alpha value is -4.64. The van der Waals surface area contributed by atoms with Crippen LogP contribution in [0.4, 0.5) is 5.69 Å². The largest absolute Gasteiger partial charge is 0.270 e. The summed E-state index contributed by atoms with van der Waals surface area (Å²) in [4.78, 5) is 37.3. The van der Waals surface area contributed by atoms with Crippen molar-refractivity contribution in [3.8, 4) is 11.4 Å². The molecule has 10 nitrogen and oxygen atoms in total. The zero-order valence-electron chi connectivity index (χ0n) is 18.0. The summed E-state index contributed by atoms with van der Waals surface area (Å²) in [6.45, 7) is 0. The van der Waals surface area contributed by atoms with Crippen LogP contribution in [0.15, 0.2) is 88.9 Å². The second-order valence-electron chi connectivity index (χ2n) is 7.69. The summed E-state index contributed by atoms with van der Waals surface area (Å²) < 4.78 is 3.12. The number of nitro benzene ring substituents is 1. The van der Waals surface area contributed by atoms with Gasteiger partial charge in [0.1, 0.15) is 5.65 Å². The Balaban J connectivity index is 1.45. The van der Waals surface area contributed by atoms with Crippen molar-refractivity contribution in [2.75, 3.05) is 0 Å². The molecule has 0 N–H and O–H groups in total. The minimum Gasteiger partial charge on any atom is -0.269 e. The van der Waals surface area contributed by atoms with Gasteiger partial charge in [-0.15, -0.1) is 5.10 Å². The monoisotopic (exact) mass is 481 g/mol. The van der Waals surface area contributed by atoms with Crippen LogP contribution in [-0.4, -0.2) is 33.9 Å². The average molecular weight is 481 g/mol. The molecule has 0 spiro atoms. The number of fused-ring (bicyclic) bond motifs is 4. The van der Waals surface area contributed by atoms with Crippen molar-refractivity contribution in [1.29, 1.82) is 0 Å². The van der Waals surface area contributed by atoms with Gasteiger partial charge in [0.2, 0.25) is 0 Å². The molecule has 0 saturated carbocycles. The maximum absolute atomic E-state index is 12.5. The predicted molar refractivity (Wildman–Crippen MR) is 131 cm³/mol. The van der Waals surface area contributed by atoms with Crippen LogP contribution in [0.1, 0.15) is 5.69 Å². The van der Waals surface area contributed by atoms with E-state index in [0.29, 0.717) is 39.3 Å². The van der Waals surface area contributed by atoms with Gasteiger partial charge in [-0.05, 0) is 24.3 Å². The molecule has 0 amide bonds. The van der Waals surface area contributed by atoms with E-state index in [9.17, 15) is 14.9 Å². The number of rotatable bonds is 5. The van der Waals surface area contributed by atoms with Crippen molar-refractivity contribution in [2.45, 2.75) is 10.9 Å². The van der Waals surface area contributed by atoms with E-state index in [1.54, 1.807) is 35.0 Å². The average Bonchev–Trinajstić information content (AvgIpc) is 3.34. The quantitative estimate of drug-likeness (QED) is 0.156. The third-order valence-electron chi connectivity index (χ3n) is 5.44. The Morgan fingerprint density at radius 1 is 0.943 bits per heavy atom. The Morgan fingerprint density at radius 2 is 1.80 bits per heavy atom. The lowest BCUT2D eigenvalue weighted by atomic mass is 10.2. The number of nitro groups is 1. The van der Waals surface area contributed by atoms with E-state index < -0.39 is 4.92 Å². The lowest BCUT2D eigenvalue weighted by molar-refractivity contribution is -0.384. The number of nitrogens with zero attached hydrogens (tertiary/aromatic N) is 7. The van der Waals surface area contributed by atoms with Crippen molar-refractivity contribution in [3.05, 3.63) is 105 Å². The molecule has 0 radical (unpaired) electrons. The fraction of sp³-hybridized carbons (Fsp3) is 0.0417. The Labute approximate surface area is 201 Å². The molecule has 0 fully saturated rings.